The van der Waals surface area contributed by atoms with Crippen molar-refractivity contribution < 1.29 is 13.2 Å². The van der Waals surface area contributed by atoms with Crippen molar-refractivity contribution in [2.45, 2.75) is 31.7 Å². The Morgan fingerprint density at radius 3 is 2.67 bits per heavy atom. The second-order valence-electron chi connectivity index (χ2n) is 4.71. The molecule has 1 aromatic carbocycles. The summed E-state index contributed by atoms with van der Waals surface area (Å²) in [5, 5.41) is 3.90. The molecule has 112 valence electrons. The Hall–Kier alpha value is -1.50. The van der Waals surface area contributed by atoms with Gasteiger partial charge in [-0.3, -0.25) is 4.79 Å². The van der Waals surface area contributed by atoms with Crippen molar-refractivity contribution in [3.63, 3.8) is 0 Å². The molecule has 0 aliphatic carbocycles. The lowest BCUT2D eigenvalue weighted by Gasteiger charge is -2.08. The summed E-state index contributed by atoms with van der Waals surface area (Å²) < 4.78 is 27.1. The molecule has 0 saturated heterocycles. The molecule has 0 spiro atoms. The predicted molar refractivity (Wildman–Crippen MR) is 84.1 cm³/mol. The van der Waals surface area contributed by atoms with Gasteiger partial charge >= 0.3 is 0 Å². The fraction of sp³-hybridized carbons (Fsp3) is 0.267. The SMILES string of the molecule is CCC(=O)c1cccc(S(=O)(=O)NCc2cscc2C)c1. The molecular formula is C15H17NO3S2. The molecular weight excluding hydrogens is 306 g/mol. The van der Waals surface area contributed by atoms with Crippen LogP contribution in [0, 0.1) is 6.92 Å². The summed E-state index contributed by atoms with van der Waals surface area (Å²) in [7, 11) is -3.61. The van der Waals surface area contributed by atoms with E-state index < -0.39 is 10.0 Å². The van der Waals surface area contributed by atoms with Crippen LogP contribution in [0.5, 0.6) is 0 Å². The zero-order chi connectivity index (χ0) is 15.5. The zero-order valence-electron chi connectivity index (χ0n) is 11.9. The molecule has 1 N–H and O–H groups in total. The van der Waals surface area contributed by atoms with Gasteiger partial charge in [0.25, 0.3) is 0 Å². The number of rotatable bonds is 6. The van der Waals surface area contributed by atoms with Gasteiger partial charge < -0.3 is 0 Å². The third-order valence-corrected chi connectivity index (χ3v) is 5.51. The first-order chi connectivity index (χ1) is 9.94. The Morgan fingerprint density at radius 2 is 2.05 bits per heavy atom. The lowest BCUT2D eigenvalue weighted by Crippen LogP contribution is -2.23. The molecule has 0 unspecified atom stereocenters. The Kier molecular flexibility index (Phi) is 4.92. The molecule has 0 atom stereocenters. The van der Waals surface area contributed by atoms with E-state index in [1.165, 1.54) is 12.1 Å². The van der Waals surface area contributed by atoms with Crippen LogP contribution in [0.15, 0.2) is 39.9 Å². The average Bonchev–Trinajstić information content (AvgIpc) is 2.90. The van der Waals surface area contributed by atoms with Crippen LogP contribution in [-0.2, 0) is 16.6 Å². The third-order valence-electron chi connectivity index (χ3n) is 3.20. The van der Waals surface area contributed by atoms with Gasteiger partial charge in [-0.25, -0.2) is 13.1 Å². The molecule has 0 amide bonds. The molecule has 21 heavy (non-hydrogen) atoms. The van der Waals surface area contributed by atoms with Gasteiger partial charge in [0.15, 0.2) is 5.78 Å². The maximum Gasteiger partial charge on any atom is 0.240 e. The Bertz CT molecular complexity index is 748. The van der Waals surface area contributed by atoms with Crippen molar-refractivity contribution in [2.75, 3.05) is 0 Å². The molecule has 0 aliphatic heterocycles. The summed E-state index contributed by atoms with van der Waals surface area (Å²) in [6.07, 6.45) is 0.352. The standard InChI is InChI=1S/C15H17NO3S2/c1-3-15(17)12-5-4-6-14(7-12)21(18,19)16-8-13-10-20-9-11(13)2/h4-7,9-10,16H,3,8H2,1-2H3. The number of aryl methyl sites for hydroxylation is 1. The van der Waals surface area contributed by atoms with Crippen LogP contribution in [0.4, 0.5) is 0 Å². The molecule has 2 rings (SSSR count). The molecule has 0 saturated carbocycles. The highest BCUT2D eigenvalue weighted by Crippen LogP contribution is 2.16. The number of thiophene rings is 1. The highest BCUT2D eigenvalue weighted by atomic mass is 32.2. The molecule has 1 heterocycles. The topological polar surface area (TPSA) is 63.2 Å². The lowest BCUT2D eigenvalue weighted by molar-refractivity contribution is 0.0988. The first-order valence-electron chi connectivity index (χ1n) is 6.58. The van der Waals surface area contributed by atoms with Gasteiger partial charge in [0.05, 0.1) is 4.90 Å². The van der Waals surface area contributed by atoms with Gasteiger partial charge in [0.1, 0.15) is 0 Å². The van der Waals surface area contributed by atoms with E-state index in [4.69, 9.17) is 0 Å². The molecule has 1 aromatic heterocycles. The Labute approximate surface area is 128 Å². The van der Waals surface area contributed by atoms with E-state index in [0.29, 0.717) is 12.0 Å². The van der Waals surface area contributed by atoms with Crippen LogP contribution >= 0.6 is 11.3 Å². The van der Waals surface area contributed by atoms with E-state index >= 15 is 0 Å². The number of hydrogen-bond donors (Lipinski definition) is 1. The summed E-state index contributed by atoms with van der Waals surface area (Å²) in [4.78, 5) is 11.8. The molecule has 2 aromatic rings. The van der Waals surface area contributed by atoms with Crippen molar-refractivity contribution in [1.82, 2.24) is 4.72 Å². The largest absolute Gasteiger partial charge is 0.294 e. The highest BCUT2D eigenvalue weighted by molar-refractivity contribution is 7.89. The molecule has 0 aliphatic rings. The van der Waals surface area contributed by atoms with Crippen molar-refractivity contribution in [2.24, 2.45) is 0 Å². The fourth-order valence-electron chi connectivity index (χ4n) is 1.86. The zero-order valence-corrected chi connectivity index (χ0v) is 13.6. The first kappa shape index (κ1) is 15.9. The normalized spacial score (nSPS) is 11.5. The van der Waals surface area contributed by atoms with Crippen LogP contribution in [0.2, 0.25) is 0 Å². The summed E-state index contributed by atoms with van der Waals surface area (Å²) >= 11 is 1.54. The molecule has 0 fully saturated rings. The maximum atomic E-state index is 12.3. The van der Waals surface area contributed by atoms with Gasteiger partial charge in [-0.05, 0) is 40.9 Å². The smallest absolute Gasteiger partial charge is 0.240 e. The van der Waals surface area contributed by atoms with Crippen LogP contribution < -0.4 is 4.72 Å². The van der Waals surface area contributed by atoms with Crippen LogP contribution in [0.3, 0.4) is 0 Å². The second kappa shape index (κ2) is 6.51. The second-order valence-corrected chi connectivity index (χ2v) is 7.22. The number of hydrogen-bond acceptors (Lipinski definition) is 4. The average molecular weight is 323 g/mol. The molecule has 0 radical (unpaired) electrons. The quantitative estimate of drug-likeness (QED) is 0.831. The highest BCUT2D eigenvalue weighted by Gasteiger charge is 2.16. The van der Waals surface area contributed by atoms with Gasteiger partial charge in [-0.2, -0.15) is 11.3 Å². The number of carbonyl (C=O) groups is 1. The summed E-state index contributed by atoms with van der Waals surface area (Å²) in [5.41, 5.74) is 2.45. The number of benzene rings is 1. The van der Waals surface area contributed by atoms with Crippen LogP contribution in [0.1, 0.15) is 34.8 Å². The number of sulfonamides is 1. The predicted octanol–water partition coefficient (Wildman–Crippen LogP) is 3.13. The minimum atomic E-state index is -3.61. The van der Waals surface area contributed by atoms with Crippen molar-refractivity contribution >= 4 is 27.1 Å². The van der Waals surface area contributed by atoms with Crippen molar-refractivity contribution in [3.8, 4) is 0 Å². The van der Waals surface area contributed by atoms with E-state index in [-0.39, 0.29) is 17.2 Å². The molecule has 0 bridgehead atoms. The monoisotopic (exact) mass is 323 g/mol. The Morgan fingerprint density at radius 1 is 1.29 bits per heavy atom. The van der Waals surface area contributed by atoms with Crippen molar-refractivity contribution in [3.05, 3.63) is 51.7 Å². The Balaban J connectivity index is 2.19. The van der Waals surface area contributed by atoms with E-state index in [0.717, 1.165) is 11.1 Å². The molecule has 6 heteroatoms. The minimum absolute atomic E-state index is 0.0688. The van der Waals surface area contributed by atoms with Gasteiger partial charge in [-0.1, -0.05) is 19.1 Å². The number of nitrogens with one attached hydrogen (secondary N) is 1. The van der Waals surface area contributed by atoms with Gasteiger partial charge in [0, 0.05) is 18.5 Å². The minimum Gasteiger partial charge on any atom is -0.294 e. The first-order valence-corrected chi connectivity index (χ1v) is 9.01. The van der Waals surface area contributed by atoms with E-state index in [1.54, 1.807) is 30.4 Å². The van der Waals surface area contributed by atoms with Gasteiger partial charge in [-0.15, -0.1) is 0 Å². The van der Waals surface area contributed by atoms with E-state index in [9.17, 15) is 13.2 Å². The lowest BCUT2D eigenvalue weighted by atomic mass is 10.1. The third kappa shape index (κ3) is 3.78. The number of Topliss-reactive ketones (excluding diaryl/α,β-unsaturated/α-hetero) is 1. The van der Waals surface area contributed by atoms with Crippen LogP contribution in [0.25, 0.3) is 0 Å². The summed E-state index contributed by atoms with van der Waals surface area (Å²) in [6.45, 7) is 3.95. The van der Waals surface area contributed by atoms with Gasteiger partial charge in [0.2, 0.25) is 10.0 Å². The fourth-order valence-corrected chi connectivity index (χ4v) is 3.77. The maximum absolute atomic E-state index is 12.3. The summed E-state index contributed by atoms with van der Waals surface area (Å²) in [5.74, 6) is -0.0688. The number of ketones is 1. The van der Waals surface area contributed by atoms with Crippen molar-refractivity contribution in [1.29, 1.82) is 0 Å². The van der Waals surface area contributed by atoms with E-state index in [2.05, 4.69) is 4.72 Å². The summed E-state index contributed by atoms with van der Waals surface area (Å²) in [6, 6.07) is 6.14. The molecule has 4 nitrogen and oxygen atoms in total. The van der Waals surface area contributed by atoms with E-state index in [1.807, 2.05) is 17.7 Å². The van der Waals surface area contributed by atoms with Crippen LogP contribution in [-0.4, -0.2) is 14.2 Å². The number of carbonyl (C=O) groups excluding carboxylic acids is 1.